The van der Waals surface area contributed by atoms with Gasteiger partial charge >= 0.3 is 6.18 Å². The van der Waals surface area contributed by atoms with Crippen LogP contribution in [0, 0.1) is 6.92 Å². The number of alkyl halides is 3. The van der Waals surface area contributed by atoms with E-state index in [1.165, 1.54) is 0 Å². The normalized spacial score (nSPS) is 19.5. The highest BCUT2D eigenvalue weighted by molar-refractivity contribution is 6.03. The number of pyridine rings is 1. The minimum atomic E-state index is -4.64. The third kappa shape index (κ3) is 5.41. The molecule has 2 fully saturated rings. The van der Waals surface area contributed by atoms with Gasteiger partial charge in [-0.1, -0.05) is 6.07 Å². The van der Waals surface area contributed by atoms with Crippen LogP contribution >= 0.6 is 0 Å². The summed E-state index contributed by atoms with van der Waals surface area (Å²) in [4.78, 5) is 19.7. The van der Waals surface area contributed by atoms with Crippen LogP contribution in [0.2, 0.25) is 0 Å². The average Bonchev–Trinajstić information content (AvgIpc) is 3.53. The van der Waals surface area contributed by atoms with E-state index < -0.39 is 23.3 Å². The molecule has 4 heterocycles. The number of carbonyl (C=O) groups excluding carboxylic acids is 1. The number of amides is 1. The minimum absolute atomic E-state index is 0.0670. The quantitative estimate of drug-likeness (QED) is 0.424. The summed E-state index contributed by atoms with van der Waals surface area (Å²) < 4.78 is 44.8. The SMILES string of the molecule is Cc1ccc(NC(=O)c2cc(C(F)(F)F)cnn2)cc1-c1cc(N[C@H](C)CO)nc(N2C[C@H]3C[C@@H]2CO3)c1. The molecule has 0 saturated carbocycles. The number of fused-ring (bicyclic) bond motifs is 2. The summed E-state index contributed by atoms with van der Waals surface area (Å²) in [6.07, 6.45) is -2.94. The summed E-state index contributed by atoms with van der Waals surface area (Å²) in [7, 11) is 0. The molecule has 200 valence electrons. The lowest BCUT2D eigenvalue weighted by Crippen LogP contribution is -2.37. The molecule has 2 aromatic heterocycles. The van der Waals surface area contributed by atoms with Crippen molar-refractivity contribution in [3.05, 3.63) is 59.4 Å². The average molecular weight is 529 g/mol. The Bertz CT molecular complexity index is 1350. The number of aliphatic hydroxyl groups is 1. The maximum absolute atomic E-state index is 13.0. The van der Waals surface area contributed by atoms with Crippen LogP contribution in [0.25, 0.3) is 11.1 Å². The van der Waals surface area contributed by atoms with E-state index in [2.05, 4.69) is 25.7 Å². The smallest absolute Gasteiger partial charge is 0.394 e. The molecule has 2 aliphatic rings. The first-order valence-corrected chi connectivity index (χ1v) is 12.2. The Labute approximate surface area is 217 Å². The summed E-state index contributed by atoms with van der Waals surface area (Å²) in [5.74, 6) is 0.566. The van der Waals surface area contributed by atoms with Gasteiger partial charge in [-0.15, -0.1) is 5.10 Å². The molecule has 1 aromatic carbocycles. The van der Waals surface area contributed by atoms with Gasteiger partial charge in [-0.2, -0.15) is 18.3 Å². The van der Waals surface area contributed by atoms with Gasteiger partial charge in [-0.05, 0) is 67.3 Å². The number of halogens is 3. The van der Waals surface area contributed by atoms with Crippen LogP contribution in [0.3, 0.4) is 0 Å². The fourth-order valence-corrected chi connectivity index (χ4v) is 4.71. The van der Waals surface area contributed by atoms with Crippen molar-refractivity contribution >= 4 is 23.2 Å². The lowest BCUT2D eigenvalue weighted by atomic mass is 10.00. The van der Waals surface area contributed by atoms with Crippen LogP contribution < -0.4 is 15.5 Å². The van der Waals surface area contributed by atoms with Gasteiger partial charge in [0.25, 0.3) is 5.91 Å². The van der Waals surface area contributed by atoms with Crippen LogP contribution in [0.4, 0.5) is 30.5 Å². The lowest BCUT2D eigenvalue weighted by Gasteiger charge is -2.29. The molecular formula is C26H27F3N6O3. The summed E-state index contributed by atoms with van der Waals surface area (Å²) in [6.45, 7) is 5.09. The third-order valence-corrected chi connectivity index (χ3v) is 6.70. The highest BCUT2D eigenvalue weighted by Gasteiger charge is 2.40. The van der Waals surface area contributed by atoms with E-state index in [0.29, 0.717) is 30.4 Å². The Hall–Kier alpha value is -3.77. The number of hydrogen-bond acceptors (Lipinski definition) is 8. The molecule has 0 aliphatic carbocycles. The largest absolute Gasteiger partial charge is 0.418 e. The van der Waals surface area contributed by atoms with Gasteiger partial charge in [0, 0.05) is 18.3 Å². The van der Waals surface area contributed by atoms with Gasteiger partial charge in [0.05, 0.1) is 37.1 Å². The molecule has 2 bridgehead atoms. The minimum Gasteiger partial charge on any atom is -0.394 e. The Balaban J connectivity index is 1.46. The zero-order valence-electron chi connectivity index (χ0n) is 20.8. The van der Waals surface area contributed by atoms with E-state index in [9.17, 15) is 23.1 Å². The number of nitrogens with zero attached hydrogens (tertiary/aromatic N) is 4. The molecule has 9 nitrogen and oxygen atoms in total. The van der Waals surface area contributed by atoms with E-state index >= 15 is 0 Å². The standard InChI is InChI=1S/C26H27F3N6O3/c1-14-3-4-18(32-25(37)22-7-17(10-30-34-22)26(27,28)29)8-21(14)16-5-23(31-15(2)12-36)33-24(6-16)35-11-20-9-19(35)13-38-20/h3-8,10,15,19-20,36H,9,11-13H2,1-2H3,(H,31,33)(H,32,37)/t15-,19-,20-/m1/s1. The molecule has 2 saturated heterocycles. The number of aliphatic hydroxyl groups excluding tert-OH is 1. The fourth-order valence-electron chi connectivity index (χ4n) is 4.71. The zero-order valence-corrected chi connectivity index (χ0v) is 20.8. The third-order valence-electron chi connectivity index (χ3n) is 6.70. The number of aryl methyl sites for hydroxylation is 1. The van der Waals surface area contributed by atoms with Crippen molar-refractivity contribution in [2.75, 3.05) is 35.3 Å². The van der Waals surface area contributed by atoms with Crippen molar-refractivity contribution in [1.29, 1.82) is 0 Å². The van der Waals surface area contributed by atoms with Crippen molar-refractivity contribution < 1.29 is 27.8 Å². The number of ether oxygens (including phenoxy) is 1. The molecule has 5 rings (SSSR count). The molecule has 1 amide bonds. The highest BCUT2D eigenvalue weighted by atomic mass is 19.4. The van der Waals surface area contributed by atoms with Gasteiger partial charge in [0.15, 0.2) is 5.69 Å². The number of morpholine rings is 1. The van der Waals surface area contributed by atoms with Gasteiger partial charge in [0.2, 0.25) is 0 Å². The molecule has 3 atom stereocenters. The van der Waals surface area contributed by atoms with Gasteiger partial charge in [-0.3, -0.25) is 4.79 Å². The first kappa shape index (κ1) is 25.9. The van der Waals surface area contributed by atoms with Crippen molar-refractivity contribution in [3.8, 4) is 11.1 Å². The monoisotopic (exact) mass is 528 g/mol. The first-order valence-electron chi connectivity index (χ1n) is 12.2. The predicted molar refractivity (Wildman–Crippen MR) is 135 cm³/mol. The van der Waals surface area contributed by atoms with Crippen molar-refractivity contribution in [2.45, 2.75) is 44.6 Å². The van der Waals surface area contributed by atoms with Crippen LogP contribution in [0.1, 0.15) is 35.0 Å². The van der Waals surface area contributed by atoms with E-state index in [1.807, 2.05) is 32.0 Å². The van der Waals surface area contributed by atoms with Gasteiger partial charge in [-0.25, -0.2) is 4.98 Å². The Morgan fingerprint density at radius 1 is 1.26 bits per heavy atom. The van der Waals surface area contributed by atoms with Crippen molar-refractivity contribution in [1.82, 2.24) is 15.2 Å². The number of anilines is 3. The zero-order chi connectivity index (χ0) is 27.0. The molecule has 38 heavy (non-hydrogen) atoms. The highest BCUT2D eigenvalue weighted by Crippen LogP contribution is 2.36. The molecule has 3 N–H and O–H groups in total. The first-order chi connectivity index (χ1) is 18.1. The van der Waals surface area contributed by atoms with E-state index in [4.69, 9.17) is 9.72 Å². The summed E-state index contributed by atoms with van der Waals surface area (Å²) in [5.41, 5.74) is 1.46. The predicted octanol–water partition coefficient (Wildman–Crippen LogP) is 3.89. The molecule has 0 radical (unpaired) electrons. The summed E-state index contributed by atoms with van der Waals surface area (Å²) in [6, 6.07) is 9.78. The molecular weight excluding hydrogens is 501 g/mol. The number of hydrogen-bond donors (Lipinski definition) is 3. The maximum Gasteiger partial charge on any atom is 0.418 e. The molecule has 0 spiro atoms. The van der Waals surface area contributed by atoms with Crippen LogP contribution in [0.15, 0.2) is 42.6 Å². The van der Waals surface area contributed by atoms with Gasteiger partial charge < -0.3 is 25.4 Å². The summed E-state index contributed by atoms with van der Waals surface area (Å²) in [5, 5.41) is 22.3. The molecule has 2 aliphatic heterocycles. The topological polar surface area (TPSA) is 112 Å². The lowest BCUT2D eigenvalue weighted by molar-refractivity contribution is -0.137. The number of nitrogens with one attached hydrogen (secondary N) is 2. The van der Waals surface area contributed by atoms with Crippen molar-refractivity contribution in [3.63, 3.8) is 0 Å². The van der Waals surface area contributed by atoms with Gasteiger partial charge in [0.1, 0.15) is 11.6 Å². The second-order valence-electron chi connectivity index (χ2n) is 9.64. The van der Waals surface area contributed by atoms with Crippen molar-refractivity contribution in [2.24, 2.45) is 0 Å². The molecule has 0 unspecified atom stereocenters. The molecule has 3 aromatic rings. The molecule has 12 heteroatoms. The fraction of sp³-hybridized carbons (Fsp3) is 0.385. The Morgan fingerprint density at radius 3 is 2.76 bits per heavy atom. The number of rotatable bonds is 7. The second-order valence-corrected chi connectivity index (χ2v) is 9.64. The Morgan fingerprint density at radius 2 is 2.08 bits per heavy atom. The number of benzene rings is 1. The van der Waals surface area contributed by atoms with E-state index in [1.54, 1.807) is 12.1 Å². The van der Waals surface area contributed by atoms with Crippen LogP contribution in [-0.2, 0) is 10.9 Å². The number of aromatic nitrogens is 3. The Kier molecular flexibility index (Phi) is 6.93. The summed E-state index contributed by atoms with van der Waals surface area (Å²) >= 11 is 0. The maximum atomic E-state index is 13.0. The van der Waals surface area contributed by atoms with Crippen LogP contribution in [0.5, 0.6) is 0 Å². The number of carbonyl (C=O) groups is 1. The van der Waals surface area contributed by atoms with E-state index in [-0.39, 0.29) is 24.8 Å². The second kappa shape index (κ2) is 10.2. The van der Waals surface area contributed by atoms with Crippen LogP contribution in [-0.4, -0.2) is 64.1 Å². The van der Waals surface area contributed by atoms with E-state index in [0.717, 1.165) is 35.5 Å².